The van der Waals surface area contributed by atoms with Crippen LogP contribution in [0.5, 0.6) is 0 Å². The van der Waals surface area contributed by atoms with Crippen molar-refractivity contribution in [3.63, 3.8) is 0 Å². The molecule has 1 aliphatic rings. The van der Waals surface area contributed by atoms with Gasteiger partial charge in [-0.1, -0.05) is 23.7 Å². The van der Waals surface area contributed by atoms with E-state index >= 15 is 0 Å². The lowest BCUT2D eigenvalue weighted by molar-refractivity contribution is -0.117. The largest absolute Gasteiger partial charge is 0.399 e. The molecule has 0 bridgehead atoms. The number of hydrogen-bond acceptors (Lipinski definition) is 11. The Labute approximate surface area is 342 Å². The van der Waals surface area contributed by atoms with Gasteiger partial charge >= 0.3 is 0 Å². The average molecular weight is 814 g/mol. The number of carbonyl (C=O) groups excluding carboxylic acids is 2. The van der Waals surface area contributed by atoms with Crippen molar-refractivity contribution in [1.82, 2.24) is 5.32 Å². The van der Waals surface area contributed by atoms with E-state index in [2.05, 4.69) is 18.3 Å². The van der Waals surface area contributed by atoms with Gasteiger partial charge < -0.3 is 53.8 Å². The number of aryl methyl sites for hydroxylation is 1. The highest BCUT2D eigenvalue weighted by atomic mass is 35.5. The second kappa shape index (κ2) is 26.4. The van der Waals surface area contributed by atoms with Crippen molar-refractivity contribution in [2.45, 2.75) is 39.7 Å². The SMILES string of the molecule is CCOCCOCCOCCOCCOCCOCCOCCOCCNC(=O)c1ccc(-c2ccc3c(c2)CC[C@H](C)N3C(C)=O)c(-c2cc(N)ccc2Cl)c1. The van der Waals surface area contributed by atoms with E-state index in [1.54, 1.807) is 25.1 Å². The smallest absolute Gasteiger partial charge is 0.251 e. The second-order valence-corrected chi connectivity index (χ2v) is 13.8. The molecule has 0 aliphatic carbocycles. The number of fused-ring (bicyclic) bond motifs is 1. The lowest BCUT2D eigenvalue weighted by Crippen LogP contribution is -2.40. The summed E-state index contributed by atoms with van der Waals surface area (Å²) in [7, 11) is 0. The molecular weight excluding hydrogens is 754 g/mol. The predicted octanol–water partition coefficient (Wildman–Crippen LogP) is 5.83. The highest BCUT2D eigenvalue weighted by Crippen LogP contribution is 2.40. The van der Waals surface area contributed by atoms with Gasteiger partial charge in [-0.25, -0.2) is 0 Å². The molecule has 314 valence electrons. The van der Waals surface area contributed by atoms with E-state index in [9.17, 15) is 9.59 Å². The number of rotatable bonds is 28. The highest BCUT2D eigenvalue weighted by Gasteiger charge is 2.26. The van der Waals surface area contributed by atoms with Gasteiger partial charge in [0.25, 0.3) is 5.91 Å². The molecule has 0 radical (unpaired) electrons. The number of carbonyl (C=O) groups is 2. The molecule has 0 saturated carbocycles. The van der Waals surface area contributed by atoms with Gasteiger partial charge in [0.15, 0.2) is 0 Å². The molecule has 13 nitrogen and oxygen atoms in total. The van der Waals surface area contributed by atoms with E-state index in [-0.39, 0.29) is 17.9 Å². The van der Waals surface area contributed by atoms with Crippen LogP contribution < -0.4 is 16.0 Å². The van der Waals surface area contributed by atoms with Crippen molar-refractivity contribution in [2.24, 2.45) is 0 Å². The van der Waals surface area contributed by atoms with Gasteiger partial charge in [-0.15, -0.1) is 0 Å². The first-order valence-electron chi connectivity index (χ1n) is 19.8. The number of nitrogens with one attached hydrogen (secondary N) is 1. The third-order valence-corrected chi connectivity index (χ3v) is 9.49. The topological polar surface area (TPSA) is 149 Å². The van der Waals surface area contributed by atoms with Crippen molar-refractivity contribution in [2.75, 3.05) is 123 Å². The van der Waals surface area contributed by atoms with Crippen LogP contribution in [-0.4, -0.2) is 130 Å². The number of amides is 2. The molecule has 4 rings (SSSR count). The molecule has 0 saturated heterocycles. The van der Waals surface area contributed by atoms with Crippen LogP contribution in [0.15, 0.2) is 54.6 Å². The summed E-state index contributed by atoms with van der Waals surface area (Å²) in [6, 6.07) is 17.2. The predicted molar refractivity (Wildman–Crippen MR) is 222 cm³/mol. The first-order valence-corrected chi connectivity index (χ1v) is 20.2. The number of benzene rings is 3. The van der Waals surface area contributed by atoms with Gasteiger partial charge in [-0.3, -0.25) is 9.59 Å². The number of nitrogen functional groups attached to an aromatic ring is 1. The van der Waals surface area contributed by atoms with E-state index in [4.69, 9.17) is 55.2 Å². The maximum atomic E-state index is 13.3. The van der Waals surface area contributed by atoms with Crippen LogP contribution in [0, 0.1) is 0 Å². The Bertz CT molecular complexity index is 1660. The van der Waals surface area contributed by atoms with Crippen LogP contribution in [0.1, 0.15) is 43.1 Å². The summed E-state index contributed by atoms with van der Waals surface area (Å²) >= 11 is 6.70. The molecular formula is C43H60ClN3O10. The molecule has 3 aromatic rings. The molecule has 3 aromatic carbocycles. The van der Waals surface area contributed by atoms with Gasteiger partial charge in [0.05, 0.1) is 99.1 Å². The first-order chi connectivity index (χ1) is 27.8. The Morgan fingerprint density at radius 2 is 1.23 bits per heavy atom. The van der Waals surface area contributed by atoms with E-state index < -0.39 is 0 Å². The monoisotopic (exact) mass is 813 g/mol. The number of halogens is 1. The van der Waals surface area contributed by atoms with Crippen molar-refractivity contribution >= 4 is 34.8 Å². The number of nitrogens with zero attached hydrogens (tertiary/aromatic N) is 1. The Kier molecular flexibility index (Phi) is 21.3. The van der Waals surface area contributed by atoms with Gasteiger partial charge in [0.1, 0.15) is 0 Å². The molecule has 0 spiro atoms. The molecule has 57 heavy (non-hydrogen) atoms. The molecule has 3 N–H and O–H groups in total. The summed E-state index contributed by atoms with van der Waals surface area (Å²) in [5, 5.41) is 3.46. The number of anilines is 2. The lowest BCUT2D eigenvalue weighted by atomic mass is 9.89. The highest BCUT2D eigenvalue weighted by molar-refractivity contribution is 6.33. The van der Waals surface area contributed by atoms with Crippen LogP contribution >= 0.6 is 11.6 Å². The summed E-state index contributed by atoms with van der Waals surface area (Å²) in [5.41, 5.74) is 12.7. The van der Waals surface area contributed by atoms with E-state index in [0.29, 0.717) is 129 Å². The minimum atomic E-state index is -0.232. The first kappa shape index (κ1) is 46.1. The van der Waals surface area contributed by atoms with Crippen molar-refractivity contribution in [3.8, 4) is 22.3 Å². The molecule has 1 heterocycles. The van der Waals surface area contributed by atoms with Gasteiger partial charge in [-0.2, -0.15) is 0 Å². The fourth-order valence-electron chi connectivity index (χ4n) is 6.33. The molecule has 0 unspecified atom stereocenters. The van der Waals surface area contributed by atoms with E-state index in [0.717, 1.165) is 46.3 Å². The maximum Gasteiger partial charge on any atom is 0.251 e. The zero-order valence-electron chi connectivity index (χ0n) is 33.7. The Morgan fingerprint density at radius 3 is 1.77 bits per heavy atom. The van der Waals surface area contributed by atoms with Crippen LogP contribution in [0.4, 0.5) is 11.4 Å². The van der Waals surface area contributed by atoms with Crippen molar-refractivity contribution < 1.29 is 47.5 Å². The molecule has 0 fully saturated rings. The van der Waals surface area contributed by atoms with Crippen molar-refractivity contribution in [3.05, 3.63) is 70.7 Å². The molecule has 2 amide bonds. The summed E-state index contributed by atoms with van der Waals surface area (Å²) < 4.78 is 43.8. The number of nitrogens with two attached hydrogens (primary N) is 1. The molecule has 14 heteroatoms. The summed E-state index contributed by atoms with van der Waals surface area (Å²) in [5.74, 6) is -0.204. The van der Waals surface area contributed by atoms with E-state index in [1.807, 2.05) is 42.2 Å². The number of hydrogen-bond donors (Lipinski definition) is 2. The molecule has 1 atom stereocenters. The average Bonchev–Trinajstić information content (AvgIpc) is 3.21. The third-order valence-electron chi connectivity index (χ3n) is 9.16. The minimum Gasteiger partial charge on any atom is -0.399 e. The van der Waals surface area contributed by atoms with Crippen LogP contribution in [0.2, 0.25) is 5.02 Å². The zero-order valence-corrected chi connectivity index (χ0v) is 34.4. The standard InChI is InChI=1S/C43H60ClN3O10/c1-4-50-15-16-52-19-20-54-23-24-56-27-28-57-26-25-55-22-21-53-18-17-51-14-13-46-43(49)36-7-10-38(39(30-36)40-31-37(45)9-11-41(40)44)34-8-12-42-35(29-34)6-5-32(2)47(42)33(3)48/h7-12,29-32H,4-6,13-28,45H2,1-3H3,(H,46,49)/t32-/m0/s1. The molecule has 0 aromatic heterocycles. The van der Waals surface area contributed by atoms with E-state index in [1.165, 1.54) is 0 Å². The normalized spacial score (nSPS) is 13.8. The van der Waals surface area contributed by atoms with Crippen LogP contribution in [0.25, 0.3) is 22.3 Å². The lowest BCUT2D eigenvalue weighted by Gasteiger charge is -2.35. The summed E-state index contributed by atoms with van der Waals surface area (Å²) in [4.78, 5) is 27.6. The van der Waals surface area contributed by atoms with Crippen molar-refractivity contribution in [1.29, 1.82) is 0 Å². The van der Waals surface area contributed by atoms with Crippen LogP contribution in [0.3, 0.4) is 0 Å². The number of ether oxygens (including phenoxy) is 8. The Morgan fingerprint density at radius 1 is 0.684 bits per heavy atom. The zero-order chi connectivity index (χ0) is 40.7. The third kappa shape index (κ3) is 15.9. The maximum absolute atomic E-state index is 13.3. The fourth-order valence-corrected chi connectivity index (χ4v) is 6.55. The second-order valence-electron chi connectivity index (χ2n) is 13.4. The summed E-state index contributed by atoms with van der Waals surface area (Å²) in [6.45, 7) is 13.9. The minimum absolute atomic E-state index is 0.0286. The Hall–Kier alpha value is -3.63. The van der Waals surface area contributed by atoms with Gasteiger partial charge in [-0.05, 0) is 91.4 Å². The molecule has 1 aliphatic heterocycles. The Balaban J connectivity index is 1.09. The summed E-state index contributed by atoms with van der Waals surface area (Å²) in [6.07, 6.45) is 1.75. The quantitative estimate of drug-likeness (QED) is 0.0675. The van der Waals surface area contributed by atoms with Gasteiger partial charge in [0, 0.05) is 53.6 Å². The fraction of sp³-hybridized carbons (Fsp3) is 0.535. The van der Waals surface area contributed by atoms with Crippen LogP contribution in [-0.2, 0) is 49.1 Å². The van der Waals surface area contributed by atoms with Gasteiger partial charge in [0.2, 0.25) is 5.91 Å².